The topological polar surface area (TPSA) is 68.1 Å². The number of aryl methyl sites for hydroxylation is 2. The molecule has 0 aliphatic carbocycles. The highest BCUT2D eigenvalue weighted by Crippen LogP contribution is 2.26. The molecule has 0 radical (unpaired) electrons. The molecule has 0 saturated carbocycles. The molecule has 1 saturated heterocycles. The first-order valence-corrected chi connectivity index (χ1v) is 11.0. The van der Waals surface area contributed by atoms with E-state index in [1.165, 1.54) is 11.3 Å². The Morgan fingerprint density at radius 3 is 2.68 bits per heavy atom. The van der Waals surface area contributed by atoms with Crippen LogP contribution in [0.5, 0.6) is 0 Å². The van der Waals surface area contributed by atoms with Crippen molar-refractivity contribution in [3.8, 4) is 0 Å². The van der Waals surface area contributed by atoms with Crippen molar-refractivity contribution in [2.45, 2.75) is 53.3 Å². The van der Waals surface area contributed by atoms with Gasteiger partial charge in [0.25, 0.3) is 0 Å². The van der Waals surface area contributed by atoms with Crippen molar-refractivity contribution in [3.05, 3.63) is 64.9 Å². The average Bonchev–Trinajstić information content (AvgIpc) is 3.05. The van der Waals surface area contributed by atoms with Crippen LogP contribution in [-0.2, 0) is 11.3 Å². The van der Waals surface area contributed by atoms with Gasteiger partial charge in [0, 0.05) is 43.1 Å². The fourth-order valence-corrected chi connectivity index (χ4v) is 4.10. The average molecular weight is 421 g/mol. The molecular weight excluding hydrogens is 388 g/mol. The lowest BCUT2D eigenvalue weighted by atomic mass is 10.1. The molecule has 1 atom stereocenters. The van der Waals surface area contributed by atoms with Crippen molar-refractivity contribution in [2.75, 3.05) is 25.0 Å². The fourth-order valence-electron chi connectivity index (χ4n) is 4.10. The standard InChI is InChI=1S/C24H32N6O/c1-16(2)30-19(5)21(18(4)28-30)14-29-11-12-31-23(15-29)22-9-8-20(13-26-22)27-24-17(3)7-6-10-25-24/h6-10,13,16,23H,11-12,14-15H2,1-5H3,(H,25,27)/t23-/m1/s1. The molecule has 1 fully saturated rings. The molecule has 0 bridgehead atoms. The van der Waals surface area contributed by atoms with Crippen molar-refractivity contribution < 1.29 is 4.74 Å². The van der Waals surface area contributed by atoms with E-state index in [2.05, 4.69) is 52.6 Å². The zero-order valence-electron chi connectivity index (χ0n) is 19.1. The molecule has 31 heavy (non-hydrogen) atoms. The molecule has 7 nitrogen and oxygen atoms in total. The summed E-state index contributed by atoms with van der Waals surface area (Å²) >= 11 is 0. The Morgan fingerprint density at radius 2 is 2.00 bits per heavy atom. The van der Waals surface area contributed by atoms with E-state index in [0.717, 1.165) is 48.1 Å². The van der Waals surface area contributed by atoms with Crippen LogP contribution in [0, 0.1) is 20.8 Å². The SMILES string of the molecule is Cc1cccnc1Nc1ccc([C@H]2CN(Cc3c(C)nn(C(C)C)c3C)CCO2)nc1. The summed E-state index contributed by atoms with van der Waals surface area (Å²) in [5, 5.41) is 8.07. The van der Waals surface area contributed by atoms with Gasteiger partial charge in [0.1, 0.15) is 11.9 Å². The predicted octanol–water partition coefficient (Wildman–Crippen LogP) is 4.50. The normalized spacial score (nSPS) is 17.3. The molecule has 1 aliphatic rings. The second-order valence-electron chi connectivity index (χ2n) is 8.55. The summed E-state index contributed by atoms with van der Waals surface area (Å²) in [6.07, 6.45) is 3.61. The van der Waals surface area contributed by atoms with Gasteiger partial charge in [-0.1, -0.05) is 6.07 Å². The van der Waals surface area contributed by atoms with E-state index < -0.39 is 0 Å². The number of nitrogens with zero attached hydrogens (tertiary/aromatic N) is 5. The third-order valence-corrected chi connectivity index (χ3v) is 5.88. The van der Waals surface area contributed by atoms with Crippen LogP contribution in [0.15, 0.2) is 36.7 Å². The molecule has 3 aromatic heterocycles. The number of nitrogens with one attached hydrogen (secondary N) is 1. The summed E-state index contributed by atoms with van der Waals surface area (Å²) in [4.78, 5) is 11.5. The molecule has 0 amide bonds. The summed E-state index contributed by atoms with van der Waals surface area (Å²) < 4.78 is 8.18. The molecule has 4 heterocycles. The second kappa shape index (κ2) is 9.16. The maximum atomic E-state index is 6.06. The Labute approximate surface area is 184 Å². The number of pyridine rings is 2. The van der Waals surface area contributed by atoms with Crippen LogP contribution in [0.3, 0.4) is 0 Å². The van der Waals surface area contributed by atoms with Crippen LogP contribution < -0.4 is 5.32 Å². The van der Waals surface area contributed by atoms with Crippen LogP contribution >= 0.6 is 0 Å². The zero-order valence-corrected chi connectivity index (χ0v) is 19.1. The van der Waals surface area contributed by atoms with Gasteiger partial charge in [-0.05, 0) is 58.4 Å². The minimum Gasteiger partial charge on any atom is -0.369 e. The van der Waals surface area contributed by atoms with Crippen LogP contribution in [-0.4, -0.2) is 44.3 Å². The molecule has 1 N–H and O–H groups in total. The van der Waals surface area contributed by atoms with Crippen molar-refractivity contribution in [1.82, 2.24) is 24.6 Å². The van der Waals surface area contributed by atoms with Crippen LogP contribution in [0.4, 0.5) is 11.5 Å². The van der Waals surface area contributed by atoms with Gasteiger partial charge in [-0.15, -0.1) is 0 Å². The van der Waals surface area contributed by atoms with Gasteiger partial charge in [-0.2, -0.15) is 5.10 Å². The van der Waals surface area contributed by atoms with Crippen molar-refractivity contribution in [2.24, 2.45) is 0 Å². The van der Waals surface area contributed by atoms with Crippen molar-refractivity contribution in [3.63, 3.8) is 0 Å². The van der Waals surface area contributed by atoms with E-state index in [-0.39, 0.29) is 6.10 Å². The highest BCUT2D eigenvalue weighted by Gasteiger charge is 2.25. The maximum absolute atomic E-state index is 6.06. The van der Waals surface area contributed by atoms with Gasteiger partial charge in [0.2, 0.25) is 0 Å². The van der Waals surface area contributed by atoms with E-state index >= 15 is 0 Å². The monoisotopic (exact) mass is 420 g/mol. The quantitative estimate of drug-likeness (QED) is 0.633. The number of aromatic nitrogens is 4. The first kappa shape index (κ1) is 21.5. The Kier molecular flexibility index (Phi) is 6.34. The predicted molar refractivity (Wildman–Crippen MR) is 123 cm³/mol. The number of morpholine rings is 1. The number of hydrogen-bond donors (Lipinski definition) is 1. The van der Waals surface area contributed by atoms with E-state index in [9.17, 15) is 0 Å². The number of anilines is 2. The first-order chi connectivity index (χ1) is 14.9. The third kappa shape index (κ3) is 4.78. The lowest BCUT2D eigenvalue weighted by Gasteiger charge is -2.32. The Bertz CT molecular complexity index is 1030. The molecule has 164 valence electrons. The minimum atomic E-state index is -0.0276. The fraction of sp³-hybridized carbons (Fsp3) is 0.458. The third-order valence-electron chi connectivity index (χ3n) is 5.88. The summed E-state index contributed by atoms with van der Waals surface area (Å²) in [7, 11) is 0. The number of hydrogen-bond acceptors (Lipinski definition) is 6. The van der Waals surface area contributed by atoms with E-state index in [1.807, 2.05) is 37.4 Å². The second-order valence-corrected chi connectivity index (χ2v) is 8.55. The largest absolute Gasteiger partial charge is 0.369 e. The summed E-state index contributed by atoms with van der Waals surface area (Å²) in [5.74, 6) is 0.852. The Hall–Kier alpha value is -2.77. The van der Waals surface area contributed by atoms with Crippen molar-refractivity contribution >= 4 is 11.5 Å². The number of rotatable bonds is 6. The van der Waals surface area contributed by atoms with E-state index in [4.69, 9.17) is 9.84 Å². The summed E-state index contributed by atoms with van der Waals surface area (Å²) in [6.45, 7) is 14.0. The summed E-state index contributed by atoms with van der Waals surface area (Å²) in [6, 6.07) is 8.43. The smallest absolute Gasteiger partial charge is 0.133 e. The molecular formula is C24H32N6O. The van der Waals surface area contributed by atoms with Crippen molar-refractivity contribution in [1.29, 1.82) is 0 Å². The van der Waals surface area contributed by atoms with Gasteiger partial charge < -0.3 is 10.1 Å². The van der Waals surface area contributed by atoms with Crippen LogP contribution in [0.25, 0.3) is 0 Å². The Morgan fingerprint density at radius 1 is 1.16 bits per heavy atom. The molecule has 4 rings (SSSR count). The lowest BCUT2D eigenvalue weighted by molar-refractivity contribution is -0.0350. The van der Waals surface area contributed by atoms with Gasteiger partial charge in [0.05, 0.1) is 29.9 Å². The van der Waals surface area contributed by atoms with Crippen LogP contribution in [0.1, 0.15) is 54.2 Å². The minimum absolute atomic E-state index is 0.0276. The lowest BCUT2D eigenvalue weighted by Crippen LogP contribution is -2.38. The maximum Gasteiger partial charge on any atom is 0.133 e. The molecule has 7 heteroatoms. The number of ether oxygens (including phenoxy) is 1. The zero-order chi connectivity index (χ0) is 22.0. The molecule has 1 aliphatic heterocycles. The molecule has 0 spiro atoms. The molecule has 0 unspecified atom stereocenters. The van der Waals surface area contributed by atoms with Gasteiger partial charge in [0.15, 0.2) is 0 Å². The van der Waals surface area contributed by atoms with Gasteiger partial charge in [-0.25, -0.2) is 4.98 Å². The van der Waals surface area contributed by atoms with Gasteiger partial charge in [-0.3, -0.25) is 14.6 Å². The Balaban J connectivity index is 1.42. The summed E-state index contributed by atoms with van der Waals surface area (Å²) in [5.41, 5.74) is 6.68. The highest BCUT2D eigenvalue weighted by molar-refractivity contribution is 5.57. The molecule has 0 aromatic carbocycles. The highest BCUT2D eigenvalue weighted by atomic mass is 16.5. The van der Waals surface area contributed by atoms with Crippen LogP contribution in [0.2, 0.25) is 0 Å². The van der Waals surface area contributed by atoms with E-state index in [1.54, 1.807) is 6.20 Å². The van der Waals surface area contributed by atoms with E-state index in [0.29, 0.717) is 12.6 Å². The molecule has 3 aromatic rings. The van der Waals surface area contributed by atoms with Gasteiger partial charge >= 0.3 is 0 Å². The first-order valence-electron chi connectivity index (χ1n) is 11.0.